The van der Waals surface area contributed by atoms with Gasteiger partial charge in [-0.15, -0.1) is 0 Å². The number of benzene rings is 1. The van der Waals surface area contributed by atoms with Crippen LogP contribution in [0.2, 0.25) is 0 Å². The lowest BCUT2D eigenvalue weighted by molar-refractivity contribution is -0.137. The average Bonchev–Trinajstić information content (AvgIpc) is 2.41. The maximum atomic E-state index is 12.8. The number of rotatable bonds is 3. The molecule has 1 aromatic heterocycles. The van der Waals surface area contributed by atoms with Gasteiger partial charge in [0.15, 0.2) is 0 Å². The van der Waals surface area contributed by atoms with Gasteiger partial charge in [0, 0.05) is 0 Å². The summed E-state index contributed by atoms with van der Waals surface area (Å²) in [5.41, 5.74) is 0.455. The molecule has 2 aromatic rings. The Morgan fingerprint density at radius 3 is 2.15 bits per heavy atom. The Kier molecular flexibility index (Phi) is 4.04. The van der Waals surface area contributed by atoms with Gasteiger partial charge in [0.1, 0.15) is 5.82 Å². The minimum Gasteiger partial charge on any atom is -0.308 e. The predicted octanol–water partition coefficient (Wildman–Crippen LogP) is 3.55. The molecule has 1 atom stereocenters. The molecule has 1 aromatic carbocycles. The summed E-state index contributed by atoms with van der Waals surface area (Å²) >= 11 is 0. The molecular formula is C14H12F4N2. The normalized spacial score (nSPS) is 13.2. The summed E-state index contributed by atoms with van der Waals surface area (Å²) < 4.78 is 50.3. The number of nitrogens with zero attached hydrogens (tertiary/aromatic N) is 1. The van der Waals surface area contributed by atoms with E-state index in [1.165, 1.54) is 24.3 Å². The lowest BCUT2D eigenvalue weighted by Gasteiger charge is -2.17. The van der Waals surface area contributed by atoms with Crippen LogP contribution in [0, 0.1) is 5.82 Å². The van der Waals surface area contributed by atoms with Crippen molar-refractivity contribution >= 4 is 0 Å². The van der Waals surface area contributed by atoms with Crippen LogP contribution in [0.5, 0.6) is 0 Å². The summed E-state index contributed by atoms with van der Waals surface area (Å²) in [7, 11) is 1.66. The first-order valence-corrected chi connectivity index (χ1v) is 5.87. The predicted molar refractivity (Wildman–Crippen MR) is 66.5 cm³/mol. The summed E-state index contributed by atoms with van der Waals surface area (Å²) in [5.74, 6) is -0.462. The molecule has 0 radical (unpaired) electrons. The number of pyridine rings is 1. The number of alkyl halides is 3. The minimum absolute atomic E-state index is 0.391. The van der Waals surface area contributed by atoms with Crippen molar-refractivity contribution in [3.8, 4) is 0 Å². The van der Waals surface area contributed by atoms with E-state index in [2.05, 4.69) is 10.3 Å². The van der Waals surface area contributed by atoms with Crippen molar-refractivity contribution in [2.24, 2.45) is 0 Å². The van der Waals surface area contributed by atoms with Crippen LogP contribution in [-0.4, -0.2) is 12.0 Å². The molecule has 20 heavy (non-hydrogen) atoms. The molecule has 0 aliphatic carbocycles. The van der Waals surface area contributed by atoms with Crippen molar-refractivity contribution in [3.63, 3.8) is 0 Å². The monoisotopic (exact) mass is 284 g/mol. The van der Waals surface area contributed by atoms with Crippen molar-refractivity contribution in [2.45, 2.75) is 12.2 Å². The Hall–Kier alpha value is -1.95. The van der Waals surface area contributed by atoms with E-state index in [1.54, 1.807) is 7.05 Å². The van der Waals surface area contributed by atoms with E-state index in [-0.39, 0.29) is 0 Å². The van der Waals surface area contributed by atoms with Gasteiger partial charge in [0.05, 0.1) is 23.5 Å². The van der Waals surface area contributed by atoms with Crippen LogP contribution in [0.1, 0.15) is 22.9 Å². The van der Waals surface area contributed by atoms with E-state index >= 15 is 0 Å². The van der Waals surface area contributed by atoms with E-state index < -0.39 is 23.6 Å². The van der Waals surface area contributed by atoms with Crippen molar-refractivity contribution < 1.29 is 17.6 Å². The van der Waals surface area contributed by atoms with Crippen LogP contribution in [0.4, 0.5) is 17.6 Å². The Labute approximate surface area is 113 Å². The van der Waals surface area contributed by atoms with Gasteiger partial charge < -0.3 is 5.32 Å². The first kappa shape index (κ1) is 14.5. The van der Waals surface area contributed by atoms with Crippen molar-refractivity contribution in [3.05, 3.63) is 65.2 Å². The quantitative estimate of drug-likeness (QED) is 0.872. The van der Waals surface area contributed by atoms with E-state index in [1.807, 2.05) is 0 Å². The fourth-order valence-electron chi connectivity index (χ4n) is 1.91. The first-order valence-electron chi connectivity index (χ1n) is 5.87. The van der Waals surface area contributed by atoms with E-state index in [9.17, 15) is 17.6 Å². The van der Waals surface area contributed by atoms with Crippen molar-refractivity contribution in [1.82, 2.24) is 10.3 Å². The molecule has 0 saturated heterocycles. The minimum atomic E-state index is -4.36. The van der Waals surface area contributed by atoms with Gasteiger partial charge >= 0.3 is 6.18 Å². The third-order valence-electron chi connectivity index (χ3n) is 2.91. The molecule has 6 heteroatoms. The fourth-order valence-corrected chi connectivity index (χ4v) is 1.91. The van der Waals surface area contributed by atoms with Crippen LogP contribution in [0.3, 0.4) is 0 Å². The second-order valence-electron chi connectivity index (χ2n) is 4.24. The molecule has 2 nitrogen and oxygen atoms in total. The number of hydrogen-bond acceptors (Lipinski definition) is 2. The molecule has 0 aliphatic rings. The first-order chi connectivity index (χ1) is 9.41. The topological polar surface area (TPSA) is 24.9 Å². The van der Waals surface area contributed by atoms with Crippen LogP contribution < -0.4 is 5.32 Å². The summed E-state index contributed by atoms with van der Waals surface area (Å²) in [5, 5.41) is 2.95. The molecular weight excluding hydrogens is 272 g/mol. The molecule has 0 spiro atoms. The summed E-state index contributed by atoms with van der Waals surface area (Å²) in [6, 6.07) is 7.17. The van der Waals surface area contributed by atoms with Gasteiger partial charge in [0.25, 0.3) is 0 Å². The molecule has 106 valence electrons. The third-order valence-corrected chi connectivity index (χ3v) is 2.91. The molecule has 0 amide bonds. The highest BCUT2D eigenvalue weighted by Crippen LogP contribution is 2.30. The molecule has 0 aliphatic heterocycles. The van der Waals surface area contributed by atoms with Gasteiger partial charge in [-0.25, -0.2) is 4.39 Å². The largest absolute Gasteiger partial charge is 0.416 e. The van der Waals surface area contributed by atoms with E-state index in [4.69, 9.17) is 0 Å². The molecule has 2 rings (SSSR count). The third kappa shape index (κ3) is 3.14. The molecule has 1 N–H and O–H groups in total. The highest BCUT2D eigenvalue weighted by molar-refractivity contribution is 5.31. The Morgan fingerprint density at radius 1 is 1.05 bits per heavy atom. The van der Waals surface area contributed by atoms with Gasteiger partial charge in [-0.3, -0.25) is 4.98 Å². The summed E-state index contributed by atoms with van der Waals surface area (Å²) in [4.78, 5) is 3.94. The molecule has 0 fully saturated rings. The zero-order valence-electron chi connectivity index (χ0n) is 10.6. The summed E-state index contributed by atoms with van der Waals surface area (Å²) in [6.45, 7) is 0. The highest BCUT2D eigenvalue weighted by Gasteiger charge is 2.30. The molecule has 1 unspecified atom stereocenters. The van der Waals surface area contributed by atoms with Gasteiger partial charge in [-0.05, 0) is 36.9 Å². The smallest absolute Gasteiger partial charge is 0.308 e. The number of hydrogen-bond donors (Lipinski definition) is 1. The zero-order chi connectivity index (χ0) is 14.8. The Bertz CT molecular complexity index is 561. The fraction of sp³-hybridized carbons (Fsp3) is 0.214. The van der Waals surface area contributed by atoms with Gasteiger partial charge in [-0.2, -0.15) is 13.2 Å². The van der Waals surface area contributed by atoms with Crippen molar-refractivity contribution in [2.75, 3.05) is 7.05 Å². The number of halogens is 4. The van der Waals surface area contributed by atoms with Crippen LogP contribution in [0.15, 0.2) is 42.6 Å². The second-order valence-corrected chi connectivity index (χ2v) is 4.24. The molecule has 0 bridgehead atoms. The van der Waals surface area contributed by atoms with Gasteiger partial charge in [0.2, 0.25) is 0 Å². The number of aromatic nitrogens is 1. The summed E-state index contributed by atoms with van der Waals surface area (Å²) in [6.07, 6.45) is -3.29. The average molecular weight is 284 g/mol. The SMILES string of the molecule is CNC(c1ccc(C(F)(F)F)cc1)c1ccc(F)cn1. The molecule has 1 heterocycles. The van der Waals surface area contributed by atoms with Crippen LogP contribution in [0.25, 0.3) is 0 Å². The number of nitrogens with one attached hydrogen (secondary N) is 1. The lowest BCUT2D eigenvalue weighted by atomic mass is 10.0. The van der Waals surface area contributed by atoms with Crippen LogP contribution >= 0.6 is 0 Å². The van der Waals surface area contributed by atoms with Crippen molar-refractivity contribution in [1.29, 1.82) is 0 Å². The Balaban J connectivity index is 2.30. The van der Waals surface area contributed by atoms with E-state index in [0.29, 0.717) is 11.3 Å². The molecule has 0 saturated carbocycles. The van der Waals surface area contributed by atoms with Crippen LogP contribution in [-0.2, 0) is 6.18 Å². The standard InChI is InChI=1S/C14H12F4N2/c1-19-13(12-7-6-11(15)8-20-12)9-2-4-10(5-3-9)14(16,17)18/h2-8,13,19H,1H3. The maximum Gasteiger partial charge on any atom is 0.416 e. The lowest BCUT2D eigenvalue weighted by Crippen LogP contribution is -2.19. The maximum absolute atomic E-state index is 12.8. The highest BCUT2D eigenvalue weighted by atomic mass is 19.4. The second kappa shape index (κ2) is 5.58. The van der Waals surface area contributed by atoms with E-state index in [0.717, 1.165) is 18.3 Å². The zero-order valence-corrected chi connectivity index (χ0v) is 10.6. The Morgan fingerprint density at radius 2 is 1.70 bits per heavy atom. The van der Waals surface area contributed by atoms with Gasteiger partial charge in [-0.1, -0.05) is 12.1 Å².